The number of nitriles is 1. The number of β-amino-alcohol motifs (C(OH)–C–C–N with tert-alkyl or cyclic N) is 1. The Labute approximate surface area is 469 Å². The zero-order chi connectivity index (χ0) is 56.1. The summed E-state index contributed by atoms with van der Waals surface area (Å²) in [6.45, 7) is 19.9. The van der Waals surface area contributed by atoms with E-state index < -0.39 is 24.0 Å². The lowest BCUT2D eigenvalue weighted by molar-refractivity contribution is -0.129. The number of nitrogens with zero attached hydrogens (tertiary/aromatic N) is 9. The van der Waals surface area contributed by atoms with Gasteiger partial charge in [0.25, 0.3) is 0 Å². The number of piperidine rings is 1. The van der Waals surface area contributed by atoms with Gasteiger partial charge < -0.3 is 35.0 Å². The number of anilines is 1. The van der Waals surface area contributed by atoms with E-state index >= 15 is 4.39 Å². The van der Waals surface area contributed by atoms with Crippen LogP contribution in [0.15, 0.2) is 66.8 Å². The van der Waals surface area contributed by atoms with Gasteiger partial charge in [-0.25, -0.2) is 9.37 Å². The Morgan fingerprint density at radius 3 is 2.53 bits per heavy atom. The molecule has 5 atom stereocenters. The number of carbonyl (C=O) groups is 3. The van der Waals surface area contributed by atoms with Crippen LogP contribution in [0.25, 0.3) is 43.4 Å². The molecule has 18 nitrogen and oxygen atoms in total. The van der Waals surface area contributed by atoms with Gasteiger partial charge in [0.1, 0.15) is 24.5 Å². The van der Waals surface area contributed by atoms with Crippen LogP contribution in [0, 0.1) is 42.3 Å². The summed E-state index contributed by atoms with van der Waals surface area (Å²) in [5.41, 5.74) is 6.85. The van der Waals surface area contributed by atoms with Crippen molar-refractivity contribution in [1.82, 2.24) is 50.5 Å². The van der Waals surface area contributed by atoms with E-state index in [4.69, 9.17) is 26.1 Å². The zero-order valence-corrected chi connectivity index (χ0v) is 47.3. The summed E-state index contributed by atoms with van der Waals surface area (Å²) in [4.78, 5) is 62.8. The monoisotopic (exact) mass is 1120 g/mol. The topological polar surface area (TPSA) is 218 Å². The Morgan fingerprint density at radius 2 is 1.82 bits per heavy atom. The first-order valence-electron chi connectivity index (χ1n) is 27.0. The van der Waals surface area contributed by atoms with Crippen LogP contribution in [0.5, 0.6) is 6.01 Å². The fraction of sp³-hybridized carbons (Fsp3) is 0.483. The van der Waals surface area contributed by atoms with Gasteiger partial charge in [-0.15, -0.1) is 11.3 Å². The minimum Gasteiger partial charge on any atom is -0.462 e. The van der Waals surface area contributed by atoms with Crippen molar-refractivity contribution in [2.75, 3.05) is 77.1 Å². The third-order valence-electron chi connectivity index (χ3n) is 15.7. The average Bonchev–Trinajstić information content (AvgIpc) is 4.34. The van der Waals surface area contributed by atoms with Gasteiger partial charge in [-0.2, -0.15) is 20.3 Å². The number of halogens is 2. The van der Waals surface area contributed by atoms with Crippen molar-refractivity contribution in [3.63, 3.8) is 0 Å². The number of aliphatic hydroxyl groups is 1. The van der Waals surface area contributed by atoms with Gasteiger partial charge in [0, 0.05) is 67.2 Å². The largest absolute Gasteiger partial charge is 0.462 e. The summed E-state index contributed by atoms with van der Waals surface area (Å²) in [5.74, 6) is -0.680. The SMILES string of the molecule is C=CC(=O)N1CCN(c2nc(OCCN3CCC(COCC(=O)N[C@H](CN4C[C@H](O)C[C@H]4C(=O)N[C@@H](C)c4ccc(-c5scnc5C)cc4)C(C)(C)C)CC3)nc3c(F)c(-c4c(C)ccc5[nH]ncc45)c(Cl)cc23)C[C@@H]1CC#N. The molecule has 6 aromatic rings. The highest BCUT2D eigenvalue weighted by Gasteiger charge is 2.40. The number of aromatic nitrogens is 5. The number of aliphatic hydroxyl groups excluding tert-OH is 1. The molecule has 21 heteroatoms. The first-order chi connectivity index (χ1) is 37.9. The highest BCUT2D eigenvalue weighted by Crippen LogP contribution is 2.43. The molecular weight excluding hydrogens is 1050 g/mol. The number of fused-ring (bicyclic) bond motifs is 2. The van der Waals surface area contributed by atoms with Gasteiger partial charge in [0.2, 0.25) is 17.7 Å². The van der Waals surface area contributed by atoms with Crippen LogP contribution in [-0.4, -0.2) is 159 Å². The lowest BCUT2D eigenvalue weighted by Gasteiger charge is -2.41. The van der Waals surface area contributed by atoms with Crippen molar-refractivity contribution in [2.24, 2.45) is 11.3 Å². The summed E-state index contributed by atoms with van der Waals surface area (Å²) < 4.78 is 29.5. The third-order valence-corrected chi connectivity index (χ3v) is 17.0. The molecule has 3 fully saturated rings. The molecule has 0 spiro atoms. The minimum atomic E-state index is -0.667. The van der Waals surface area contributed by atoms with Crippen LogP contribution >= 0.6 is 22.9 Å². The lowest BCUT2D eigenvalue weighted by atomic mass is 9.86. The second kappa shape index (κ2) is 24.8. The smallest absolute Gasteiger partial charge is 0.319 e. The number of rotatable bonds is 19. The van der Waals surface area contributed by atoms with E-state index in [9.17, 15) is 24.8 Å². The van der Waals surface area contributed by atoms with Crippen LogP contribution in [0.3, 0.4) is 0 Å². The number of piperazine rings is 1. The molecule has 6 heterocycles. The Bertz CT molecular complexity index is 3220. The number of thiazole rings is 1. The first-order valence-corrected chi connectivity index (χ1v) is 28.3. The molecule has 3 aromatic heterocycles. The van der Waals surface area contributed by atoms with Crippen LogP contribution < -0.4 is 20.3 Å². The van der Waals surface area contributed by atoms with Gasteiger partial charge in [0.05, 0.1) is 76.1 Å². The number of aryl methyl sites for hydroxylation is 2. The first kappa shape index (κ1) is 57.1. The summed E-state index contributed by atoms with van der Waals surface area (Å²) in [6, 6.07) is 14.2. The van der Waals surface area contributed by atoms with Crippen molar-refractivity contribution in [3.05, 3.63) is 94.5 Å². The molecule has 0 unspecified atom stereocenters. The molecule has 3 aliphatic heterocycles. The number of hydrogen-bond donors (Lipinski definition) is 4. The van der Waals surface area contributed by atoms with E-state index in [0.717, 1.165) is 58.7 Å². The van der Waals surface area contributed by atoms with Gasteiger partial charge in [-0.3, -0.25) is 29.3 Å². The number of nitrogens with one attached hydrogen (secondary N) is 3. The van der Waals surface area contributed by atoms with Gasteiger partial charge >= 0.3 is 6.01 Å². The third kappa shape index (κ3) is 13.0. The van der Waals surface area contributed by atoms with Crippen molar-refractivity contribution >= 4 is 68.3 Å². The van der Waals surface area contributed by atoms with E-state index in [1.54, 1.807) is 28.5 Å². The van der Waals surface area contributed by atoms with E-state index in [-0.39, 0.29) is 89.4 Å². The standard InChI is InChI=1S/C58H70ClFN12O6S/c1-8-49(75)72-22-21-70(28-40(72)15-18-61)55-42-26-44(59)51(50-34(2)9-14-45-43(50)27-63-68-45)52(60)53(42)66-57(67-55)78-24-23-69-19-16-37(17-20-69)31-77-32-48(74)65-47(58(5,6)7)30-71-29-41(73)25-46(71)56(76)64-35(3)38-10-12-39(13-11-38)54-36(4)62-33-79-54/h8-14,26-27,33,35,37,40-41,46-47,73H,1,15-17,19-25,28-32H2,2-7H3,(H,63,68)(H,64,76)(H,65,74)/t35-,40-,41+,46-,47+/m0/s1. The van der Waals surface area contributed by atoms with Crippen molar-refractivity contribution in [1.29, 1.82) is 5.26 Å². The fourth-order valence-corrected chi connectivity index (χ4v) is 12.2. The van der Waals surface area contributed by atoms with Crippen LogP contribution in [0.4, 0.5) is 10.2 Å². The number of H-pyrrole nitrogens is 1. The highest BCUT2D eigenvalue weighted by molar-refractivity contribution is 7.13. The number of amides is 3. The quantitative estimate of drug-likeness (QED) is 0.0570. The van der Waals surface area contributed by atoms with E-state index in [0.29, 0.717) is 67.9 Å². The maximum atomic E-state index is 17.2. The molecular formula is C58H70ClFN12O6S. The minimum absolute atomic E-state index is 0.0150. The maximum absolute atomic E-state index is 17.2. The summed E-state index contributed by atoms with van der Waals surface area (Å²) in [7, 11) is 0. The van der Waals surface area contributed by atoms with Crippen molar-refractivity contribution < 1.29 is 33.4 Å². The number of aromatic amines is 1. The molecule has 3 saturated heterocycles. The molecule has 418 valence electrons. The average molecular weight is 1120 g/mol. The molecule has 79 heavy (non-hydrogen) atoms. The molecule has 0 bridgehead atoms. The Kier molecular flexibility index (Phi) is 17.9. The zero-order valence-electron chi connectivity index (χ0n) is 45.7. The van der Waals surface area contributed by atoms with Crippen LogP contribution in [0.1, 0.15) is 76.2 Å². The molecule has 3 aromatic carbocycles. The lowest BCUT2D eigenvalue weighted by Crippen LogP contribution is -2.55. The number of benzene rings is 3. The van der Waals surface area contributed by atoms with E-state index in [2.05, 4.69) is 48.3 Å². The fourth-order valence-electron chi connectivity index (χ4n) is 11.1. The summed E-state index contributed by atoms with van der Waals surface area (Å²) in [6.07, 6.45) is 4.30. The molecule has 3 aliphatic rings. The Morgan fingerprint density at radius 1 is 1.05 bits per heavy atom. The molecule has 3 amide bonds. The Hall–Kier alpha value is -6.60. The van der Waals surface area contributed by atoms with E-state index in [1.807, 2.05) is 93.3 Å². The number of hydrogen-bond acceptors (Lipinski definition) is 15. The van der Waals surface area contributed by atoms with Crippen LogP contribution in [0.2, 0.25) is 5.02 Å². The molecule has 0 saturated carbocycles. The number of carbonyl (C=O) groups excluding carboxylic acids is 3. The predicted octanol–water partition coefficient (Wildman–Crippen LogP) is 7.77. The van der Waals surface area contributed by atoms with Crippen LogP contribution in [-0.2, 0) is 19.1 Å². The highest BCUT2D eigenvalue weighted by atomic mass is 35.5. The van der Waals surface area contributed by atoms with E-state index in [1.165, 1.54) is 6.08 Å². The van der Waals surface area contributed by atoms with Gasteiger partial charge in [-0.1, -0.05) is 69.3 Å². The predicted molar refractivity (Wildman–Crippen MR) is 304 cm³/mol. The molecule has 0 aliphatic carbocycles. The summed E-state index contributed by atoms with van der Waals surface area (Å²) >= 11 is 8.59. The van der Waals surface area contributed by atoms with Gasteiger partial charge in [-0.05, 0) is 99.4 Å². The second-order valence-electron chi connectivity index (χ2n) is 22.2. The molecule has 4 N–H and O–H groups in total. The second-order valence-corrected chi connectivity index (χ2v) is 23.4. The van der Waals surface area contributed by atoms with Gasteiger partial charge in [0.15, 0.2) is 5.82 Å². The number of ether oxygens (including phenoxy) is 2. The number of likely N-dealkylation sites (tertiary alicyclic amines) is 2. The maximum Gasteiger partial charge on any atom is 0.319 e. The summed E-state index contributed by atoms with van der Waals surface area (Å²) in [5, 5.41) is 35.2. The molecule has 0 radical (unpaired) electrons. The van der Waals surface area contributed by atoms with Crippen molar-refractivity contribution in [2.45, 2.75) is 97.5 Å². The molecule has 9 rings (SSSR count). The normalized spacial score (nSPS) is 19.4. The van der Waals surface area contributed by atoms with Crippen molar-refractivity contribution in [3.8, 4) is 33.6 Å². The Balaban J connectivity index is 0.781.